The fourth-order valence-electron chi connectivity index (χ4n) is 3.61. The zero-order chi connectivity index (χ0) is 19.6. The number of amides is 2. The molecule has 0 radical (unpaired) electrons. The van der Waals surface area contributed by atoms with Crippen LogP contribution in [0.5, 0.6) is 0 Å². The van der Waals surface area contributed by atoms with Gasteiger partial charge in [-0.1, -0.05) is 36.0 Å². The Balaban J connectivity index is 1.54. The van der Waals surface area contributed by atoms with Gasteiger partial charge in [-0.3, -0.25) is 14.4 Å². The molecule has 2 atom stereocenters. The molecule has 0 spiro atoms. The van der Waals surface area contributed by atoms with E-state index in [1.54, 1.807) is 17.0 Å². The maximum atomic E-state index is 12.4. The topological polar surface area (TPSA) is 75.7 Å². The van der Waals surface area contributed by atoms with Crippen molar-refractivity contribution in [3.05, 3.63) is 28.2 Å². The average molecular weight is 413 g/mol. The van der Waals surface area contributed by atoms with Gasteiger partial charge in [0.15, 0.2) is 6.10 Å². The van der Waals surface area contributed by atoms with Crippen LogP contribution in [0.2, 0.25) is 10.0 Å². The van der Waals surface area contributed by atoms with Crippen molar-refractivity contribution in [2.24, 2.45) is 5.92 Å². The summed E-state index contributed by atoms with van der Waals surface area (Å²) in [6.07, 6.45) is 3.35. The quantitative estimate of drug-likeness (QED) is 0.748. The zero-order valence-electron chi connectivity index (χ0n) is 15.0. The summed E-state index contributed by atoms with van der Waals surface area (Å²) in [6, 6.07) is 4.93. The summed E-state index contributed by atoms with van der Waals surface area (Å²) in [4.78, 5) is 38.7. The Kier molecular flexibility index (Phi) is 6.27. The first kappa shape index (κ1) is 20.0. The number of ether oxygens (including phenoxy) is 1. The largest absolute Gasteiger partial charge is 0.452 e. The second kappa shape index (κ2) is 8.48. The van der Waals surface area contributed by atoms with E-state index in [0.29, 0.717) is 22.3 Å². The third kappa shape index (κ3) is 4.74. The van der Waals surface area contributed by atoms with Gasteiger partial charge < -0.3 is 15.0 Å². The first-order valence-electron chi connectivity index (χ1n) is 9.11. The van der Waals surface area contributed by atoms with Gasteiger partial charge in [0, 0.05) is 24.0 Å². The number of carbonyl (C=O) groups is 3. The second-order valence-corrected chi connectivity index (χ2v) is 7.92. The zero-order valence-corrected chi connectivity index (χ0v) is 16.6. The summed E-state index contributed by atoms with van der Waals surface area (Å²) in [5.74, 6) is -1.57. The molecule has 27 heavy (non-hydrogen) atoms. The predicted molar refractivity (Wildman–Crippen MR) is 103 cm³/mol. The molecule has 0 bridgehead atoms. The molecule has 1 saturated carbocycles. The van der Waals surface area contributed by atoms with E-state index in [2.05, 4.69) is 5.32 Å². The third-order valence-electron chi connectivity index (χ3n) is 5.11. The van der Waals surface area contributed by atoms with Crippen LogP contribution in [0.3, 0.4) is 0 Å². The molecule has 1 N–H and O–H groups in total. The van der Waals surface area contributed by atoms with E-state index in [1.165, 1.54) is 13.0 Å². The number of benzene rings is 1. The maximum Gasteiger partial charge on any atom is 0.312 e. The van der Waals surface area contributed by atoms with Crippen molar-refractivity contribution in [3.8, 4) is 0 Å². The number of rotatable bonds is 5. The van der Waals surface area contributed by atoms with Crippen LogP contribution in [0.1, 0.15) is 39.0 Å². The van der Waals surface area contributed by atoms with Crippen LogP contribution in [0, 0.1) is 5.92 Å². The second-order valence-electron chi connectivity index (χ2n) is 7.08. The summed E-state index contributed by atoms with van der Waals surface area (Å²) >= 11 is 11.9. The molecule has 6 nitrogen and oxygen atoms in total. The number of anilines is 1. The van der Waals surface area contributed by atoms with Crippen LogP contribution in [-0.2, 0) is 19.1 Å². The molecular formula is C19H22Cl2N2O4. The highest BCUT2D eigenvalue weighted by molar-refractivity contribution is 6.35. The Morgan fingerprint density at radius 1 is 1.26 bits per heavy atom. The van der Waals surface area contributed by atoms with Crippen LogP contribution >= 0.6 is 23.2 Å². The molecule has 1 saturated heterocycles. The smallest absolute Gasteiger partial charge is 0.312 e. The number of esters is 1. The normalized spacial score (nSPS) is 21.4. The van der Waals surface area contributed by atoms with Gasteiger partial charge in [0.2, 0.25) is 5.91 Å². The van der Waals surface area contributed by atoms with E-state index in [1.807, 2.05) is 0 Å². The Labute approximate surface area is 168 Å². The first-order valence-corrected chi connectivity index (χ1v) is 9.86. The lowest BCUT2D eigenvalue weighted by Gasteiger charge is -2.24. The average Bonchev–Trinajstić information content (AvgIpc) is 3.27. The van der Waals surface area contributed by atoms with Crippen molar-refractivity contribution >= 4 is 46.7 Å². The molecule has 1 aromatic rings. The van der Waals surface area contributed by atoms with E-state index >= 15 is 0 Å². The Hall–Kier alpha value is -1.79. The Morgan fingerprint density at radius 2 is 1.96 bits per heavy atom. The number of likely N-dealkylation sites (tertiary alicyclic amines) is 1. The lowest BCUT2D eigenvalue weighted by atomic mass is 10.1. The van der Waals surface area contributed by atoms with Gasteiger partial charge in [-0.2, -0.15) is 0 Å². The molecule has 1 heterocycles. The summed E-state index contributed by atoms with van der Waals surface area (Å²) < 4.78 is 5.29. The van der Waals surface area contributed by atoms with E-state index in [0.717, 1.165) is 25.7 Å². The van der Waals surface area contributed by atoms with Crippen molar-refractivity contribution in [2.45, 2.75) is 51.2 Å². The lowest BCUT2D eigenvalue weighted by Crippen LogP contribution is -2.36. The standard InChI is InChI=1S/C19H22Cl2N2O4/c1-11(18(25)22-16-9-13(20)6-7-15(16)21)27-19(26)12-8-17(24)23(10-12)14-4-2-3-5-14/h6-7,9,11-12,14H,2-5,8,10H2,1H3,(H,22,25)/t11-,12-/m1/s1. The van der Waals surface area contributed by atoms with Crippen LogP contribution in [0.4, 0.5) is 5.69 Å². The minimum Gasteiger partial charge on any atom is -0.452 e. The van der Waals surface area contributed by atoms with E-state index in [9.17, 15) is 14.4 Å². The van der Waals surface area contributed by atoms with Gasteiger partial charge in [-0.15, -0.1) is 0 Å². The van der Waals surface area contributed by atoms with Gasteiger partial charge in [-0.25, -0.2) is 0 Å². The van der Waals surface area contributed by atoms with Crippen molar-refractivity contribution in [2.75, 3.05) is 11.9 Å². The molecule has 146 valence electrons. The third-order valence-corrected chi connectivity index (χ3v) is 5.67. The minimum atomic E-state index is -1.01. The molecule has 2 amide bonds. The minimum absolute atomic E-state index is 0.00772. The van der Waals surface area contributed by atoms with Gasteiger partial charge in [0.05, 0.1) is 16.6 Å². The van der Waals surface area contributed by atoms with Crippen LogP contribution in [0.15, 0.2) is 18.2 Å². The fraction of sp³-hybridized carbons (Fsp3) is 0.526. The highest BCUT2D eigenvalue weighted by atomic mass is 35.5. The molecule has 1 aliphatic carbocycles. The summed E-state index contributed by atoms with van der Waals surface area (Å²) in [5, 5.41) is 3.36. The SMILES string of the molecule is C[C@@H](OC(=O)[C@@H]1CC(=O)N(C2CCCC2)C1)C(=O)Nc1cc(Cl)ccc1Cl. The van der Waals surface area contributed by atoms with Gasteiger partial charge in [0.1, 0.15) is 0 Å². The highest BCUT2D eigenvalue weighted by Gasteiger charge is 2.40. The first-order chi connectivity index (χ1) is 12.8. The number of hydrogen-bond donors (Lipinski definition) is 1. The molecule has 1 aliphatic heterocycles. The lowest BCUT2D eigenvalue weighted by molar-refractivity contribution is -0.157. The Bertz CT molecular complexity index is 749. The van der Waals surface area contributed by atoms with Crippen LogP contribution in [0.25, 0.3) is 0 Å². The fourth-order valence-corrected chi connectivity index (χ4v) is 3.95. The van der Waals surface area contributed by atoms with E-state index in [4.69, 9.17) is 27.9 Å². The van der Waals surface area contributed by atoms with Crippen LogP contribution < -0.4 is 5.32 Å². The monoisotopic (exact) mass is 412 g/mol. The van der Waals surface area contributed by atoms with Crippen molar-refractivity contribution in [1.29, 1.82) is 0 Å². The van der Waals surface area contributed by atoms with E-state index < -0.39 is 23.9 Å². The Morgan fingerprint density at radius 3 is 2.67 bits per heavy atom. The number of nitrogens with one attached hydrogen (secondary N) is 1. The number of nitrogens with zero attached hydrogens (tertiary/aromatic N) is 1. The number of halogens is 2. The molecule has 3 rings (SSSR count). The molecule has 0 aromatic heterocycles. The van der Waals surface area contributed by atoms with Gasteiger partial charge >= 0.3 is 5.97 Å². The molecular weight excluding hydrogens is 391 g/mol. The van der Waals surface area contributed by atoms with Gasteiger partial charge in [0.25, 0.3) is 5.91 Å². The summed E-state index contributed by atoms with van der Waals surface area (Å²) in [6.45, 7) is 1.86. The summed E-state index contributed by atoms with van der Waals surface area (Å²) in [7, 11) is 0. The number of hydrogen-bond acceptors (Lipinski definition) is 4. The summed E-state index contributed by atoms with van der Waals surface area (Å²) in [5.41, 5.74) is 0.348. The number of carbonyl (C=O) groups excluding carboxylic acids is 3. The molecule has 0 unspecified atom stereocenters. The van der Waals surface area contributed by atoms with Crippen molar-refractivity contribution < 1.29 is 19.1 Å². The van der Waals surface area contributed by atoms with Crippen LogP contribution in [-0.4, -0.2) is 41.4 Å². The molecule has 1 aromatic carbocycles. The van der Waals surface area contributed by atoms with Crippen molar-refractivity contribution in [1.82, 2.24) is 4.90 Å². The van der Waals surface area contributed by atoms with Crippen molar-refractivity contribution in [3.63, 3.8) is 0 Å². The maximum absolute atomic E-state index is 12.4. The molecule has 2 aliphatic rings. The molecule has 8 heteroatoms. The van der Waals surface area contributed by atoms with Gasteiger partial charge in [-0.05, 0) is 38.0 Å². The molecule has 2 fully saturated rings. The van der Waals surface area contributed by atoms with E-state index in [-0.39, 0.29) is 18.4 Å². The predicted octanol–water partition coefficient (Wildman–Crippen LogP) is 3.65. The highest BCUT2D eigenvalue weighted by Crippen LogP contribution is 2.30.